The van der Waals surface area contributed by atoms with Crippen molar-refractivity contribution in [1.82, 2.24) is 19.8 Å². The average Bonchev–Trinajstić information content (AvgIpc) is 2.87. The number of piperazine rings is 1. The number of hydrogen-bond acceptors (Lipinski definition) is 6. The molecule has 38 heavy (non-hydrogen) atoms. The van der Waals surface area contributed by atoms with E-state index in [0.717, 1.165) is 13.1 Å². The first-order valence-electron chi connectivity index (χ1n) is 12.7. The molecule has 0 radical (unpaired) electrons. The molecule has 4 N–H and O–H groups in total. The summed E-state index contributed by atoms with van der Waals surface area (Å²) in [6, 6.07) is 3.47. The van der Waals surface area contributed by atoms with Gasteiger partial charge in [0, 0.05) is 55.3 Å². The first-order valence-corrected chi connectivity index (χ1v) is 13.1. The highest BCUT2D eigenvalue weighted by atomic mass is 35.5. The highest BCUT2D eigenvalue weighted by Gasteiger charge is 2.31. The van der Waals surface area contributed by atoms with E-state index in [1.54, 1.807) is 23.1 Å². The zero-order valence-corrected chi connectivity index (χ0v) is 22.3. The summed E-state index contributed by atoms with van der Waals surface area (Å²) in [5.74, 6) is 4.96. The summed E-state index contributed by atoms with van der Waals surface area (Å²) in [4.78, 5) is 26.0. The molecular formula is C29H32ClFN6O. The third-order valence-corrected chi connectivity index (χ3v) is 7.27. The lowest BCUT2D eigenvalue weighted by atomic mass is 9.91. The molecule has 1 aliphatic heterocycles. The molecule has 1 amide bonds. The summed E-state index contributed by atoms with van der Waals surface area (Å²) in [6.07, 6.45) is 10.3. The van der Waals surface area contributed by atoms with E-state index in [-0.39, 0.29) is 10.6 Å². The summed E-state index contributed by atoms with van der Waals surface area (Å²) < 4.78 is 15.5. The van der Waals surface area contributed by atoms with Crippen LogP contribution in [0.5, 0.6) is 0 Å². The molecular weight excluding hydrogens is 503 g/mol. The fourth-order valence-corrected chi connectivity index (χ4v) is 4.91. The lowest BCUT2D eigenvalue weighted by Crippen LogP contribution is -2.53. The predicted octanol–water partition coefficient (Wildman–Crippen LogP) is 4.03. The minimum atomic E-state index is -0.693. The van der Waals surface area contributed by atoms with Crippen LogP contribution in [0.2, 0.25) is 5.02 Å². The number of carbonyl (C=O) groups excluding carboxylic acids is 1. The monoisotopic (exact) mass is 534 g/mol. The zero-order chi connectivity index (χ0) is 27.2. The van der Waals surface area contributed by atoms with Crippen LogP contribution < -0.4 is 11.5 Å². The van der Waals surface area contributed by atoms with Crippen LogP contribution in [0.15, 0.2) is 54.7 Å². The molecule has 1 aromatic heterocycles. The Bertz CT molecular complexity index is 1320. The second kappa shape index (κ2) is 12.2. The minimum Gasteiger partial charge on any atom is -0.404 e. The molecule has 4 rings (SSSR count). The number of amides is 1. The number of halogens is 2. The largest absolute Gasteiger partial charge is 0.404 e. The number of aryl methyl sites for hydroxylation is 1. The van der Waals surface area contributed by atoms with Crippen LogP contribution in [0.3, 0.4) is 0 Å². The van der Waals surface area contributed by atoms with Crippen LogP contribution in [-0.2, 0) is 6.42 Å². The summed E-state index contributed by atoms with van der Waals surface area (Å²) in [5, 5.41) is 0.0360. The highest BCUT2D eigenvalue weighted by Crippen LogP contribution is 2.31. The van der Waals surface area contributed by atoms with Gasteiger partial charge < -0.3 is 16.4 Å². The molecule has 0 unspecified atom stereocenters. The third-order valence-electron chi connectivity index (χ3n) is 6.97. The van der Waals surface area contributed by atoms with Crippen LogP contribution in [0, 0.1) is 17.7 Å². The van der Waals surface area contributed by atoms with E-state index in [1.807, 2.05) is 6.92 Å². The van der Waals surface area contributed by atoms with Crippen molar-refractivity contribution < 1.29 is 9.18 Å². The molecule has 2 fully saturated rings. The van der Waals surface area contributed by atoms with Gasteiger partial charge >= 0.3 is 0 Å². The van der Waals surface area contributed by atoms with Gasteiger partial charge in [0.2, 0.25) is 0 Å². The van der Waals surface area contributed by atoms with E-state index >= 15 is 4.39 Å². The smallest absolute Gasteiger partial charge is 0.258 e. The lowest BCUT2D eigenvalue weighted by Gasteiger charge is -2.43. The maximum Gasteiger partial charge on any atom is 0.258 e. The quantitative estimate of drug-likeness (QED) is 0.428. The summed E-state index contributed by atoms with van der Waals surface area (Å²) in [7, 11) is 0. The molecule has 2 aliphatic rings. The second-order valence-electron chi connectivity index (χ2n) is 9.41. The number of hydrogen-bond donors (Lipinski definition) is 2. The Morgan fingerprint density at radius 2 is 1.97 bits per heavy atom. The molecule has 2 aromatic rings. The molecule has 9 heteroatoms. The van der Waals surface area contributed by atoms with Crippen molar-refractivity contribution in [2.75, 3.05) is 26.2 Å². The lowest BCUT2D eigenvalue weighted by molar-refractivity contribution is 0.0452. The van der Waals surface area contributed by atoms with Gasteiger partial charge in [-0.05, 0) is 43.5 Å². The van der Waals surface area contributed by atoms with Crippen molar-refractivity contribution in [1.29, 1.82) is 0 Å². The van der Waals surface area contributed by atoms with Crippen molar-refractivity contribution in [3.63, 3.8) is 0 Å². The van der Waals surface area contributed by atoms with E-state index < -0.39 is 11.7 Å². The molecule has 198 valence electrons. The summed E-state index contributed by atoms with van der Waals surface area (Å²) in [6.45, 7) is 8.27. The number of nitrogens with zero attached hydrogens (tertiary/aromatic N) is 4. The van der Waals surface area contributed by atoms with E-state index in [4.69, 9.17) is 23.1 Å². The highest BCUT2D eigenvalue weighted by molar-refractivity contribution is 6.34. The van der Waals surface area contributed by atoms with Gasteiger partial charge in [-0.3, -0.25) is 9.69 Å². The van der Waals surface area contributed by atoms with Gasteiger partial charge in [0.05, 0.1) is 27.5 Å². The summed E-state index contributed by atoms with van der Waals surface area (Å²) >= 11 is 6.52. The molecule has 0 spiro atoms. The van der Waals surface area contributed by atoms with E-state index in [2.05, 4.69) is 33.3 Å². The fraction of sp³-hybridized carbons (Fsp3) is 0.345. The van der Waals surface area contributed by atoms with Crippen molar-refractivity contribution in [2.24, 2.45) is 11.5 Å². The van der Waals surface area contributed by atoms with Gasteiger partial charge in [-0.1, -0.05) is 43.4 Å². The second-order valence-corrected chi connectivity index (χ2v) is 9.81. The van der Waals surface area contributed by atoms with Gasteiger partial charge in [-0.15, -0.1) is 0 Å². The third kappa shape index (κ3) is 6.07. The van der Waals surface area contributed by atoms with Crippen molar-refractivity contribution in [3.8, 4) is 23.1 Å². The summed E-state index contributed by atoms with van der Waals surface area (Å²) in [5.41, 5.74) is 14.1. The van der Waals surface area contributed by atoms with Gasteiger partial charge in [0.25, 0.3) is 5.91 Å². The number of aromatic nitrogens is 2. The molecule has 1 aliphatic carbocycles. The molecule has 1 aromatic carbocycles. The number of allylic oxidation sites excluding steroid dienone is 3. The Balaban J connectivity index is 1.62. The topological polar surface area (TPSA) is 101 Å². The fourth-order valence-electron chi connectivity index (χ4n) is 4.63. The van der Waals surface area contributed by atoms with E-state index in [1.165, 1.54) is 37.9 Å². The zero-order valence-electron chi connectivity index (χ0n) is 21.5. The van der Waals surface area contributed by atoms with E-state index in [0.29, 0.717) is 59.3 Å². The predicted molar refractivity (Wildman–Crippen MR) is 149 cm³/mol. The Labute approximate surface area is 228 Å². The molecule has 1 saturated carbocycles. The number of benzene rings is 1. The van der Waals surface area contributed by atoms with Crippen LogP contribution in [0.25, 0.3) is 11.3 Å². The Morgan fingerprint density at radius 3 is 2.55 bits per heavy atom. The molecule has 1 saturated heterocycles. The SMILES string of the molecule is C=C(N)/C=C\C(C#Cc1c(CC)ncnc1-c1cc(F)c(C(=O)N2CCN(C3CCC3)CC2)c(Cl)c1)=C/N. The number of nitrogens with two attached hydrogens (primary N) is 2. The van der Waals surface area contributed by atoms with Crippen molar-refractivity contribution in [2.45, 2.75) is 38.6 Å². The standard InChI is InChI=1S/C29H32ClFN6O/c1-3-26-23(10-9-20(17-32)8-7-19(2)33)28(35-18-34-26)21-15-24(30)27(25(31)16-21)29(38)37-13-11-36(12-14-37)22-5-4-6-22/h7-8,15-18,22H,2-6,11-14,32-33H2,1H3/b8-7-,20-17+. The van der Waals surface area contributed by atoms with Gasteiger partial charge in [0.15, 0.2) is 0 Å². The van der Waals surface area contributed by atoms with Crippen molar-refractivity contribution in [3.05, 3.63) is 82.3 Å². The van der Waals surface area contributed by atoms with Crippen LogP contribution in [-0.4, -0.2) is 57.9 Å². The molecule has 7 nitrogen and oxygen atoms in total. The number of rotatable bonds is 6. The molecule has 0 bridgehead atoms. The maximum atomic E-state index is 15.5. The van der Waals surface area contributed by atoms with Crippen LogP contribution in [0.1, 0.15) is 47.8 Å². The van der Waals surface area contributed by atoms with Gasteiger partial charge in [-0.2, -0.15) is 0 Å². The minimum absolute atomic E-state index is 0.0360. The maximum absolute atomic E-state index is 15.5. The Hall–Kier alpha value is -3.67. The molecule has 0 atom stereocenters. The Morgan fingerprint density at radius 1 is 1.24 bits per heavy atom. The average molecular weight is 535 g/mol. The first kappa shape index (κ1) is 27.4. The van der Waals surface area contributed by atoms with Crippen LogP contribution >= 0.6 is 11.6 Å². The normalized spacial score (nSPS) is 16.7. The Kier molecular flexibility index (Phi) is 8.82. The van der Waals surface area contributed by atoms with Crippen LogP contribution in [0.4, 0.5) is 4.39 Å². The van der Waals surface area contributed by atoms with Gasteiger partial charge in [-0.25, -0.2) is 14.4 Å². The first-order chi connectivity index (χ1) is 18.3. The van der Waals surface area contributed by atoms with Crippen molar-refractivity contribution >= 4 is 17.5 Å². The van der Waals surface area contributed by atoms with Gasteiger partial charge in [0.1, 0.15) is 12.1 Å². The van der Waals surface area contributed by atoms with E-state index in [9.17, 15) is 4.79 Å². The molecule has 2 heterocycles. The number of carbonyl (C=O) groups is 1.